The van der Waals surface area contributed by atoms with Crippen LogP contribution in [0.25, 0.3) is 22.2 Å². The molecule has 1 aliphatic rings. The summed E-state index contributed by atoms with van der Waals surface area (Å²) in [4.78, 5) is 19.0. The summed E-state index contributed by atoms with van der Waals surface area (Å²) in [6.07, 6.45) is 2.59. The van der Waals surface area contributed by atoms with Gasteiger partial charge in [-0.1, -0.05) is 36.4 Å². The molecule has 5 nitrogen and oxygen atoms in total. The van der Waals surface area contributed by atoms with E-state index in [0.717, 1.165) is 17.2 Å². The molecule has 1 saturated carbocycles. The van der Waals surface area contributed by atoms with Crippen molar-refractivity contribution in [2.75, 3.05) is 11.9 Å². The highest BCUT2D eigenvalue weighted by Gasteiger charge is 2.23. The Labute approximate surface area is 180 Å². The van der Waals surface area contributed by atoms with Gasteiger partial charge in [0, 0.05) is 25.8 Å². The van der Waals surface area contributed by atoms with Gasteiger partial charge in [-0.2, -0.15) is 5.26 Å². The van der Waals surface area contributed by atoms with Gasteiger partial charge in [0.1, 0.15) is 17.3 Å². The molecule has 4 aromatic rings. The number of hydrogen-bond acceptors (Lipinski definition) is 4. The van der Waals surface area contributed by atoms with Crippen molar-refractivity contribution in [3.8, 4) is 17.2 Å². The van der Waals surface area contributed by atoms with Gasteiger partial charge in [0.15, 0.2) is 0 Å². The zero-order valence-corrected chi connectivity index (χ0v) is 17.5. The Hall–Kier alpha value is -3.91. The molecule has 0 N–H and O–H groups in total. The van der Waals surface area contributed by atoms with Crippen LogP contribution in [0.5, 0.6) is 0 Å². The molecule has 0 amide bonds. The van der Waals surface area contributed by atoms with E-state index in [1.165, 1.54) is 24.0 Å². The monoisotopic (exact) mass is 406 g/mol. The van der Waals surface area contributed by atoms with Crippen molar-refractivity contribution in [1.29, 1.82) is 5.26 Å². The molecule has 1 fully saturated rings. The Morgan fingerprint density at radius 3 is 2.52 bits per heavy atom. The molecular formula is C26H22N4O. The van der Waals surface area contributed by atoms with Gasteiger partial charge in [0.25, 0.3) is 5.56 Å². The third-order valence-electron chi connectivity index (χ3n) is 6.07. The number of nitriles is 1. The van der Waals surface area contributed by atoms with Crippen LogP contribution in [0.15, 0.2) is 71.5 Å². The molecule has 5 heteroatoms. The first-order chi connectivity index (χ1) is 15.0. The van der Waals surface area contributed by atoms with E-state index in [0.29, 0.717) is 22.4 Å². The first kappa shape index (κ1) is 19.1. The van der Waals surface area contributed by atoms with Gasteiger partial charge in [-0.3, -0.25) is 4.79 Å². The number of nitrogens with zero attached hydrogens (tertiary/aromatic N) is 4. The molecule has 0 radical (unpaired) electrons. The van der Waals surface area contributed by atoms with E-state index in [1.54, 1.807) is 29.8 Å². The van der Waals surface area contributed by atoms with Gasteiger partial charge in [0.05, 0.1) is 11.2 Å². The van der Waals surface area contributed by atoms with Crippen LogP contribution < -0.4 is 10.5 Å². The van der Waals surface area contributed by atoms with Gasteiger partial charge in [-0.25, -0.2) is 4.98 Å². The van der Waals surface area contributed by atoms with Crippen LogP contribution in [0.4, 0.5) is 11.4 Å². The molecule has 0 saturated heterocycles. The van der Waals surface area contributed by atoms with Gasteiger partial charge in [0.2, 0.25) is 0 Å². The number of aromatic nitrogens is 2. The molecule has 0 atom stereocenters. The molecule has 2 aromatic carbocycles. The van der Waals surface area contributed by atoms with E-state index < -0.39 is 0 Å². The second-order valence-electron chi connectivity index (χ2n) is 8.11. The van der Waals surface area contributed by atoms with E-state index in [4.69, 9.17) is 0 Å². The Morgan fingerprint density at radius 1 is 1.03 bits per heavy atom. The minimum absolute atomic E-state index is 0.118. The van der Waals surface area contributed by atoms with Crippen molar-refractivity contribution in [3.63, 3.8) is 0 Å². The van der Waals surface area contributed by atoms with Crippen molar-refractivity contribution in [3.05, 3.63) is 88.3 Å². The highest BCUT2D eigenvalue weighted by Crippen LogP contribution is 2.40. The summed E-state index contributed by atoms with van der Waals surface area (Å²) in [6, 6.07) is 24.1. The first-order valence-corrected chi connectivity index (χ1v) is 10.4. The van der Waals surface area contributed by atoms with Crippen LogP contribution in [-0.2, 0) is 7.05 Å². The summed E-state index contributed by atoms with van der Waals surface area (Å²) in [6.45, 7) is 0. The summed E-state index contributed by atoms with van der Waals surface area (Å²) < 4.78 is 1.55. The highest BCUT2D eigenvalue weighted by atomic mass is 16.1. The van der Waals surface area contributed by atoms with Crippen molar-refractivity contribution in [1.82, 2.24) is 9.55 Å². The Kier molecular flexibility index (Phi) is 4.56. The van der Waals surface area contributed by atoms with E-state index in [2.05, 4.69) is 47.5 Å². The molecular weight excluding hydrogens is 384 g/mol. The van der Waals surface area contributed by atoms with Crippen molar-refractivity contribution < 1.29 is 0 Å². The minimum atomic E-state index is -0.118. The van der Waals surface area contributed by atoms with Crippen LogP contribution >= 0.6 is 0 Å². The Balaban J connectivity index is 1.57. The second-order valence-corrected chi connectivity index (χ2v) is 8.11. The average molecular weight is 406 g/mol. The van der Waals surface area contributed by atoms with Crippen LogP contribution in [-0.4, -0.2) is 16.6 Å². The number of fused-ring (bicyclic) bond motifs is 1. The fraction of sp³-hybridized carbons (Fsp3) is 0.192. The normalized spacial score (nSPS) is 13.2. The summed E-state index contributed by atoms with van der Waals surface area (Å²) in [7, 11) is 3.64. The van der Waals surface area contributed by atoms with Gasteiger partial charge in [-0.15, -0.1) is 0 Å². The Bertz CT molecular complexity index is 1390. The van der Waals surface area contributed by atoms with Crippen LogP contribution in [0, 0.1) is 11.3 Å². The molecule has 1 aliphatic carbocycles. The topological polar surface area (TPSA) is 61.9 Å². The molecule has 0 spiro atoms. The van der Waals surface area contributed by atoms with E-state index in [1.807, 2.05) is 24.1 Å². The Morgan fingerprint density at radius 2 is 1.81 bits per heavy atom. The molecule has 5 rings (SSSR count). The molecule has 2 heterocycles. The third-order valence-corrected chi connectivity index (χ3v) is 6.07. The molecule has 0 aliphatic heterocycles. The lowest BCUT2D eigenvalue weighted by molar-refractivity contribution is 0.901. The zero-order valence-electron chi connectivity index (χ0n) is 17.5. The number of pyridine rings is 2. The maximum atomic E-state index is 12.6. The number of anilines is 2. The molecule has 152 valence electrons. The fourth-order valence-electron chi connectivity index (χ4n) is 4.03. The molecule has 2 aromatic heterocycles. The lowest BCUT2D eigenvalue weighted by Gasteiger charge is -2.22. The maximum Gasteiger partial charge on any atom is 0.252 e. The van der Waals surface area contributed by atoms with Crippen molar-refractivity contribution in [2.45, 2.75) is 18.8 Å². The summed E-state index contributed by atoms with van der Waals surface area (Å²) >= 11 is 0. The SMILES string of the molecule is CN(c1cccc(-c2ccc(C3CC3)cc2)c1)c1cc(=O)n(C)c2ccc(C#N)nc12. The molecule has 0 bridgehead atoms. The fourth-order valence-corrected chi connectivity index (χ4v) is 4.03. The first-order valence-electron chi connectivity index (χ1n) is 10.4. The van der Waals surface area contributed by atoms with Gasteiger partial charge < -0.3 is 9.47 Å². The number of hydrogen-bond donors (Lipinski definition) is 0. The third kappa shape index (κ3) is 3.47. The number of aryl methyl sites for hydroxylation is 1. The number of benzene rings is 2. The molecule has 0 unspecified atom stereocenters. The van der Waals surface area contributed by atoms with Crippen molar-refractivity contribution in [2.24, 2.45) is 7.05 Å². The molecule has 31 heavy (non-hydrogen) atoms. The lowest BCUT2D eigenvalue weighted by Crippen LogP contribution is -2.21. The summed E-state index contributed by atoms with van der Waals surface area (Å²) in [5, 5.41) is 9.29. The van der Waals surface area contributed by atoms with Crippen LogP contribution in [0.2, 0.25) is 0 Å². The van der Waals surface area contributed by atoms with E-state index in [-0.39, 0.29) is 5.56 Å². The van der Waals surface area contributed by atoms with Gasteiger partial charge >= 0.3 is 0 Å². The summed E-state index contributed by atoms with van der Waals surface area (Å²) in [5.41, 5.74) is 6.85. The standard InChI is InChI=1S/C26H22N4O/c1-29(24-15-25(31)30(2)23-13-12-21(16-27)28-26(23)24)22-5-3-4-20(14-22)19-10-8-18(9-11-19)17-6-7-17/h3-5,8-15,17H,6-7H2,1-2H3. The highest BCUT2D eigenvalue weighted by molar-refractivity contribution is 5.91. The quantitative estimate of drug-likeness (QED) is 0.472. The smallest absolute Gasteiger partial charge is 0.252 e. The predicted molar refractivity (Wildman–Crippen MR) is 124 cm³/mol. The van der Waals surface area contributed by atoms with E-state index in [9.17, 15) is 10.1 Å². The van der Waals surface area contributed by atoms with Crippen LogP contribution in [0.3, 0.4) is 0 Å². The maximum absolute atomic E-state index is 12.6. The minimum Gasteiger partial charge on any atom is -0.343 e. The largest absolute Gasteiger partial charge is 0.343 e. The zero-order chi connectivity index (χ0) is 21.5. The average Bonchev–Trinajstić information content (AvgIpc) is 3.66. The lowest BCUT2D eigenvalue weighted by atomic mass is 10.0. The predicted octanol–water partition coefficient (Wildman–Crippen LogP) is 5.12. The van der Waals surface area contributed by atoms with E-state index >= 15 is 0 Å². The second kappa shape index (κ2) is 7.41. The van der Waals surface area contributed by atoms with Crippen molar-refractivity contribution >= 4 is 22.4 Å². The van der Waals surface area contributed by atoms with Gasteiger partial charge in [-0.05, 0) is 59.7 Å². The van der Waals surface area contributed by atoms with Crippen LogP contribution in [0.1, 0.15) is 30.0 Å². The summed E-state index contributed by atoms with van der Waals surface area (Å²) in [5.74, 6) is 0.742. The number of rotatable bonds is 4.